The maximum Gasteiger partial charge on any atom is 0.0707 e. The molecule has 0 atom stereocenters. The average Bonchev–Trinajstić information content (AvgIpc) is 3.63. The molecule has 0 aliphatic heterocycles. The lowest BCUT2D eigenvalue weighted by Crippen LogP contribution is -2.22. The van der Waals surface area contributed by atoms with Crippen molar-refractivity contribution in [1.29, 1.82) is 0 Å². The van der Waals surface area contributed by atoms with Crippen LogP contribution in [0.1, 0.15) is 142 Å². The Morgan fingerprint density at radius 2 is 1.11 bits per heavy atom. The molecule has 0 spiro atoms. The Morgan fingerprint density at radius 1 is 0.595 bits per heavy atom. The summed E-state index contributed by atoms with van der Waals surface area (Å²) in [6.07, 6.45) is 11.0. The standard InChI is InChI=1S/3C11H22O.CH4/c1-9(2)5-8-12-11(6-7-11)10(3)4;1-9(2)7-12-8-11(5-6-11)10(3)4;1-9(2)11(5-6-11)7-8-12-10(3)4;/h3*9-10H,5-8H2,1-4H3;1H4. The number of hydrogen-bond donors (Lipinski definition) is 0. The zero-order chi connectivity index (χ0) is 27.6. The van der Waals surface area contributed by atoms with E-state index in [1.165, 1.54) is 51.4 Å². The van der Waals surface area contributed by atoms with Crippen LogP contribution < -0.4 is 0 Å². The highest BCUT2D eigenvalue weighted by molar-refractivity contribution is 4.98. The molecule has 3 heteroatoms. The molecule has 3 fully saturated rings. The number of hydrogen-bond acceptors (Lipinski definition) is 3. The van der Waals surface area contributed by atoms with E-state index < -0.39 is 0 Å². The van der Waals surface area contributed by atoms with Gasteiger partial charge in [0.1, 0.15) is 0 Å². The van der Waals surface area contributed by atoms with Gasteiger partial charge in [-0.1, -0.05) is 76.7 Å². The summed E-state index contributed by atoms with van der Waals surface area (Å²) >= 11 is 0. The molecule has 37 heavy (non-hydrogen) atoms. The highest BCUT2D eigenvalue weighted by Gasteiger charge is 2.47. The molecule has 0 bridgehead atoms. The molecule has 3 saturated carbocycles. The summed E-state index contributed by atoms with van der Waals surface area (Å²) in [7, 11) is 0. The maximum absolute atomic E-state index is 5.91. The van der Waals surface area contributed by atoms with Crippen LogP contribution in [-0.2, 0) is 14.2 Å². The minimum atomic E-state index is 0. The second kappa shape index (κ2) is 16.9. The molecule has 0 aromatic heterocycles. The van der Waals surface area contributed by atoms with E-state index in [9.17, 15) is 0 Å². The van der Waals surface area contributed by atoms with E-state index in [0.717, 1.165) is 44.2 Å². The molecule has 3 aliphatic rings. The highest BCUT2D eigenvalue weighted by atomic mass is 16.5. The minimum absolute atomic E-state index is 0. The van der Waals surface area contributed by atoms with Crippen molar-refractivity contribution in [2.24, 2.45) is 40.4 Å². The number of rotatable bonds is 15. The predicted octanol–water partition coefficient (Wildman–Crippen LogP) is 10.2. The van der Waals surface area contributed by atoms with Crippen LogP contribution in [-0.4, -0.2) is 38.1 Å². The SMILES string of the molecule is C.CC(C)CCOC1(C(C)C)CC1.CC(C)COCC1(C(C)C)CC1.CC(C)OCCC1(C(C)C)CC1. The van der Waals surface area contributed by atoms with Crippen LogP contribution in [0.2, 0.25) is 0 Å². The van der Waals surface area contributed by atoms with Crippen molar-refractivity contribution >= 4 is 0 Å². The summed E-state index contributed by atoms with van der Waals surface area (Å²) in [5.74, 6) is 3.78. The largest absolute Gasteiger partial charge is 0.381 e. The first-order valence-electron chi connectivity index (χ1n) is 15.5. The van der Waals surface area contributed by atoms with E-state index in [1.807, 2.05) is 0 Å². The van der Waals surface area contributed by atoms with Crippen LogP contribution in [0.5, 0.6) is 0 Å². The first-order valence-corrected chi connectivity index (χ1v) is 15.5. The third-order valence-corrected chi connectivity index (χ3v) is 9.01. The molecular weight excluding hydrogens is 456 g/mol. The first kappa shape index (κ1) is 36.9. The topological polar surface area (TPSA) is 27.7 Å². The molecule has 224 valence electrons. The lowest BCUT2D eigenvalue weighted by molar-refractivity contribution is -0.00435. The van der Waals surface area contributed by atoms with Crippen molar-refractivity contribution < 1.29 is 14.2 Å². The van der Waals surface area contributed by atoms with Gasteiger partial charge < -0.3 is 14.2 Å². The Hall–Kier alpha value is -0.120. The first-order chi connectivity index (χ1) is 16.7. The Bertz CT molecular complexity index is 483. The molecule has 3 nitrogen and oxygen atoms in total. The third kappa shape index (κ3) is 14.2. The van der Waals surface area contributed by atoms with E-state index in [0.29, 0.717) is 28.8 Å². The molecule has 0 saturated heterocycles. The van der Waals surface area contributed by atoms with Gasteiger partial charge in [0.15, 0.2) is 0 Å². The molecule has 0 unspecified atom stereocenters. The molecule has 0 amide bonds. The Labute approximate surface area is 234 Å². The normalized spacial score (nSPS) is 19.9. The van der Waals surface area contributed by atoms with Gasteiger partial charge in [0, 0.05) is 19.8 Å². The van der Waals surface area contributed by atoms with Gasteiger partial charge in [-0.05, 0) is 106 Å². The Balaban J connectivity index is 0.000000518. The summed E-state index contributed by atoms with van der Waals surface area (Å²) in [5, 5.41) is 0. The van der Waals surface area contributed by atoms with E-state index in [1.54, 1.807) is 0 Å². The molecule has 3 aliphatic carbocycles. The van der Waals surface area contributed by atoms with Gasteiger partial charge in [-0.3, -0.25) is 0 Å². The molecule has 0 aromatic carbocycles. The molecular formula is C34H70O3. The molecule has 3 rings (SSSR count). The summed E-state index contributed by atoms with van der Waals surface area (Å²) in [6, 6.07) is 0. The average molecular weight is 527 g/mol. The minimum Gasteiger partial charge on any atom is -0.381 e. The van der Waals surface area contributed by atoms with Crippen molar-refractivity contribution in [2.45, 2.75) is 154 Å². The second-order valence-electron chi connectivity index (χ2n) is 14.4. The maximum atomic E-state index is 5.91. The lowest BCUT2D eigenvalue weighted by Gasteiger charge is -2.20. The number of ether oxygens (including phenoxy) is 3. The zero-order valence-corrected chi connectivity index (χ0v) is 26.7. The van der Waals surface area contributed by atoms with E-state index >= 15 is 0 Å². The van der Waals surface area contributed by atoms with Gasteiger partial charge in [0.05, 0.1) is 18.3 Å². The van der Waals surface area contributed by atoms with Crippen molar-refractivity contribution in [3.8, 4) is 0 Å². The quantitative estimate of drug-likeness (QED) is 0.212. The van der Waals surface area contributed by atoms with Gasteiger partial charge in [-0.15, -0.1) is 0 Å². The van der Waals surface area contributed by atoms with Crippen LogP contribution in [0.15, 0.2) is 0 Å². The Morgan fingerprint density at radius 3 is 1.43 bits per heavy atom. The van der Waals surface area contributed by atoms with Crippen molar-refractivity contribution in [3.63, 3.8) is 0 Å². The van der Waals surface area contributed by atoms with E-state index in [2.05, 4.69) is 83.1 Å². The summed E-state index contributed by atoms with van der Waals surface area (Å²) < 4.78 is 17.2. The fourth-order valence-electron chi connectivity index (χ4n) is 4.83. The predicted molar refractivity (Wildman–Crippen MR) is 163 cm³/mol. The van der Waals surface area contributed by atoms with Crippen LogP contribution in [0.4, 0.5) is 0 Å². The van der Waals surface area contributed by atoms with Crippen molar-refractivity contribution in [1.82, 2.24) is 0 Å². The highest BCUT2D eigenvalue weighted by Crippen LogP contribution is 2.54. The molecule has 0 heterocycles. The van der Waals surface area contributed by atoms with Crippen LogP contribution >= 0.6 is 0 Å². The van der Waals surface area contributed by atoms with Crippen molar-refractivity contribution in [2.75, 3.05) is 26.4 Å². The molecule has 0 N–H and O–H groups in total. The van der Waals surface area contributed by atoms with Gasteiger partial charge in [0.2, 0.25) is 0 Å². The second-order valence-corrected chi connectivity index (χ2v) is 14.4. The summed E-state index contributed by atoms with van der Waals surface area (Å²) in [6.45, 7) is 30.8. The molecule has 0 radical (unpaired) electrons. The lowest BCUT2D eigenvalue weighted by atomic mass is 9.89. The van der Waals surface area contributed by atoms with Gasteiger partial charge >= 0.3 is 0 Å². The van der Waals surface area contributed by atoms with Crippen molar-refractivity contribution in [3.05, 3.63) is 0 Å². The van der Waals surface area contributed by atoms with Crippen LogP contribution in [0.3, 0.4) is 0 Å². The van der Waals surface area contributed by atoms with Crippen LogP contribution in [0, 0.1) is 40.4 Å². The summed E-state index contributed by atoms with van der Waals surface area (Å²) in [5.41, 5.74) is 1.51. The van der Waals surface area contributed by atoms with Gasteiger partial charge in [-0.2, -0.15) is 0 Å². The third-order valence-electron chi connectivity index (χ3n) is 9.01. The van der Waals surface area contributed by atoms with Gasteiger partial charge in [-0.25, -0.2) is 0 Å². The van der Waals surface area contributed by atoms with E-state index in [-0.39, 0.29) is 13.0 Å². The Kier molecular flexibility index (Phi) is 16.8. The monoisotopic (exact) mass is 527 g/mol. The van der Waals surface area contributed by atoms with Gasteiger partial charge in [0.25, 0.3) is 0 Å². The molecule has 0 aromatic rings. The smallest absolute Gasteiger partial charge is 0.0707 e. The zero-order valence-electron chi connectivity index (χ0n) is 26.7. The fourth-order valence-corrected chi connectivity index (χ4v) is 4.83. The van der Waals surface area contributed by atoms with E-state index in [4.69, 9.17) is 14.2 Å². The van der Waals surface area contributed by atoms with Crippen LogP contribution in [0.25, 0.3) is 0 Å². The fraction of sp³-hybridized carbons (Fsp3) is 1.00. The summed E-state index contributed by atoms with van der Waals surface area (Å²) in [4.78, 5) is 0.